The molecule has 1 aromatic carbocycles. The van der Waals surface area contributed by atoms with Crippen LogP contribution in [0.1, 0.15) is 40.0 Å². The summed E-state index contributed by atoms with van der Waals surface area (Å²) >= 11 is 0. The molecule has 34 heavy (non-hydrogen) atoms. The van der Waals surface area contributed by atoms with Crippen molar-refractivity contribution >= 4 is 5.91 Å². The van der Waals surface area contributed by atoms with Gasteiger partial charge in [0, 0.05) is 38.8 Å². The van der Waals surface area contributed by atoms with E-state index in [-0.39, 0.29) is 12.0 Å². The predicted molar refractivity (Wildman–Crippen MR) is 129 cm³/mol. The van der Waals surface area contributed by atoms with Gasteiger partial charge in [-0.3, -0.25) is 9.48 Å². The van der Waals surface area contributed by atoms with Crippen LogP contribution in [0, 0.1) is 6.92 Å². The summed E-state index contributed by atoms with van der Waals surface area (Å²) in [5, 5.41) is 11.8. The molecule has 0 aliphatic carbocycles. The van der Waals surface area contributed by atoms with Crippen LogP contribution in [0.3, 0.4) is 0 Å². The van der Waals surface area contributed by atoms with E-state index in [0.717, 1.165) is 53.2 Å². The van der Waals surface area contributed by atoms with Gasteiger partial charge in [-0.05, 0) is 73.2 Å². The van der Waals surface area contributed by atoms with Crippen LogP contribution < -0.4 is 5.32 Å². The number of nitrogens with one attached hydrogen (secondary N) is 1. The fourth-order valence-electron chi connectivity index (χ4n) is 4.26. The van der Waals surface area contributed by atoms with Gasteiger partial charge in [-0.25, -0.2) is 9.67 Å². The van der Waals surface area contributed by atoms with Crippen LogP contribution >= 0.6 is 0 Å². The van der Waals surface area contributed by atoms with Gasteiger partial charge >= 0.3 is 0 Å². The number of carbonyl (C=O) groups excluding carboxylic acids is 1. The summed E-state index contributed by atoms with van der Waals surface area (Å²) in [6.45, 7) is 3.30. The Hall–Kier alpha value is -3.78. The molecule has 0 saturated carbocycles. The predicted octanol–water partition coefficient (Wildman–Crippen LogP) is 3.48. The molecule has 5 rings (SSSR count). The molecule has 0 spiro atoms. The van der Waals surface area contributed by atoms with Crippen LogP contribution in [-0.4, -0.2) is 49.7 Å². The van der Waals surface area contributed by atoms with Crippen molar-refractivity contribution < 1.29 is 9.53 Å². The highest BCUT2D eigenvalue weighted by Gasteiger charge is 2.20. The molecule has 1 fully saturated rings. The zero-order chi connectivity index (χ0) is 23.5. The molecular weight excluding hydrogens is 428 g/mol. The minimum Gasteiger partial charge on any atom is -0.376 e. The number of hydrogen-bond acceptors (Lipinski definition) is 5. The molecule has 1 saturated heterocycles. The molecule has 1 N–H and O–H groups in total. The van der Waals surface area contributed by atoms with Gasteiger partial charge in [-0.1, -0.05) is 12.1 Å². The van der Waals surface area contributed by atoms with Crippen molar-refractivity contribution in [2.45, 2.75) is 32.3 Å². The van der Waals surface area contributed by atoms with Crippen molar-refractivity contribution in [1.82, 2.24) is 29.9 Å². The van der Waals surface area contributed by atoms with E-state index in [1.807, 2.05) is 61.4 Å². The molecule has 1 aliphatic heterocycles. The number of benzene rings is 1. The second-order valence-corrected chi connectivity index (χ2v) is 8.65. The first-order valence-electron chi connectivity index (χ1n) is 11.6. The van der Waals surface area contributed by atoms with Crippen LogP contribution in [0.5, 0.6) is 0 Å². The maximum Gasteiger partial charge on any atom is 0.270 e. The van der Waals surface area contributed by atoms with Crippen molar-refractivity contribution in [3.05, 3.63) is 83.4 Å². The summed E-state index contributed by atoms with van der Waals surface area (Å²) in [5.41, 5.74) is 6.09. The summed E-state index contributed by atoms with van der Waals surface area (Å²) in [6.07, 6.45) is 8.34. The number of aromatic nitrogens is 5. The fraction of sp³-hybridized carbons (Fsp3) is 0.308. The molecule has 8 nitrogen and oxygen atoms in total. The Morgan fingerprint density at radius 3 is 2.74 bits per heavy atom. The van der Waals surface area contributed by atoms with Crippen LogP contribution in [0.4, 0.5) is 0 Å². The van der Waals surface area contributed by atoms with E-state index in [0.29, 0.717) is 18.7 Å². The molecule has 3 aromatic heterocycles. The monoisotopic (exact) mass is 456 g/mol. The Morgan fingerprint density at radius 1 is 1.21 bits per heavy atom. The third-order valence-corrected chi connectivity index (χ3v) is 6.18. The molecule has 0 radical (unpaired) electrons. The van der Waals surface area contributed by atoms with Crippen molar-refractivity contribution in [3.8, 4) is 17.1 Å². The number of rotatable bonds is 7. The van der Waals surface area contributed by atoms with E-state index in [1.54, 1.807) is 10.9 Å². The molecular formula is C26H28N6O2. The Bertz CT molecular complexity index is 1270. The third kappa shape index (κ3) is 4.77. The summed E-state index contributed by atoms with van der Waals surface area (Å²) in [7, 11) is 1.87. The summed E-state index contributed by atoms with van der Waals surface area (Å²) < 4.78 is 9.21. The van der Waals surface area contributed by atoms with Crippen LogP contribution in [-0.2, 0) is 18.2 Å². The zero-order valence-electron chi connectivity index (χ0n) is 19.4. The first kappa shape index (κ1) is 22.0. The van der Waals surface area contributed by atoms with Crippen LogP contribution in [0.2, 0.25) is 0 Å². The molecule has 4 heterocycles. The molecule has 8 heteroatoms. The van der Waals surface area contributed by atoms with Gasteiger partial charge in [0.05, 0.1) is 17.5 Å². The molecule has 0 bridgehead atoms. The Balaban J connectivity index is 1.43. The highest BCUT2D eigenvalue weighted by Crippen LogP contribution is 2.26. The summed E-state index contributed by atoms with van der Waals surface area (Å²) in [4.78, 5) is 17.7. The number of nitrogens with zero attached hydrogens (tertiary/aromatic N) is 5. The number of carbonyl (C=O) groups is 1. The smallest absolute Gasteiger partial charge is 0.270 e. The number of ether oxygens (including phenoxy) is 1. The van der Waals surface area contributed by atoms with Gasteiger partial charge < -0.3 is 10.1 Å². The van der Waals surface area contributed by atoms with Gasteiger partial charge in [-0.2, -0.15) is 10.2 Å². The lowest BCUT2D eigenvalue weighted by Gasteiger charge is -2.15. The normalized spacial score (nSPS) is 15.5. The number of amides is 1. The van der Waals surface area contributed by atoms with E-state index in [9.17, 15) is 4.79 Å². The topological polar surface area (TPSA) is 86.9 Å². The first-order valence-corrected chi connectivity index (χ1v) is 11.6. The summed E-state index contributed by atoms with van der Waals surface area (Å²) in [5.74, 6) is -0.192. The van der Waals surface area contributed by atoms with Gasteiger partial charge in [-0.15, -0.1) is 0 Å². The van der Waals surface area contributed by atoms with E-state index < -0.39 is 0 Å². The van der Waals surface area contributed by atoms with E-state index in [1.165, 1.54) is 0 Å². The van der Waals surface area contributed by atoms with E-state index in [2.05, 4.69) is 27.6 Å². The second kappa shape index (κ2) is 9.61. The van der Waals surface area contributed by atoms with Crippen molar-refractivity contribution in [2.75, 3.05) is 13.2 Å². The van der Waals surface area contributed by atoms with Crippen LogP contribution in [0.15, 0.2) is 61.1 Å². The molecule has 1 aliphatic rings. The second-order valence-electron chi connectivity index (χ2n) is 8.65. The van der Waals surface area contributed by atoms with Gasteiger partial charge in [0.1, 0.15) is 11.4 Å². The molecule has 1 atom stereocenters. The molecule has 1 unspecified atom stereocenters. The number of hydrogen-bond donors (Lipinski definition) is 1. The largest absolute Gasteiger partial charge is 0.376 e. The molecule has 4 aromatic rings. The number of pyridine rings is 1. The van der Waals surface area contributed by atoms with Gasteiger partial charge in [0.2, 0.25) is 0 Å². The minimum atomic E-state index is -0.192. The van der Waals surface area contributed by atoms with E-state index in [4.69, 9.17) is 9.72 Å². The van der Waals surface area contributed by atoms with Gasteiger partial charge in [0.25, 0.3) is 5.91 Å². The fourth-order valence-corrected chi connectivity index (χ4v) is 4.26. The van der Waals surface area contributed by atoms with E-state index >= 15 is 0 Å². The lowest BCUT2D eigenvalue weighted by Crippen LogP contribution is -2.32. The third-order valence-electron chi connectivity index (χ3n) is 6.18. The van der Waals surface area contributed by atoms with Gasteiger partial charge in [0.15, 0.2) is 0 Å². The lowest BCUT2D eigenvalue weighted by molar-refractivity contribution is 0.0853. The van der Waals surface area contributed by atoms with Crippen molar-refractivity contribution in [2.24, 2.45) is 7.05 Å². The summed E-state index contributed by atoms with van der Waals surface area (Å²) in [6, 6.07) is 14.0. The molecule has 1 amide bonds. The maximum absolute atomic E-state index is 13.0. The maximum atomic E-state index is 13.0. The zero-order valence-corrected chi connectivity index (χ0v) is 19.4. The Labute approximate surface area is 198 Å². The lowest BCUT2D eigenvalue weighted by atomic mass is 9.97. The number of aryl methyl sites for hydroxylation is 1. The average molecular weight is 457 g/mol. The quantitative estimate of drug-likeness (QED) is 0.460. The minimum absolute atomic E-state index is 0.0810. The first-order chi connectivity index (χ1) is 16.6. The SMILES string of the molecule is Cc1c(Cc2ccc(-n3cccn3)cc2)cc(C(=O)NCC2CCCO2)nc1-c1ccn(C)n1. The highest BCUT2D eigenvalue weighted by atomic mass is 16.5. The molecule has 174 valence electrons. The highest BCUT2D eigenvalue weighted by molar-refractivity contribution is 5.93. The Morgan fingerprint density at radius 2 is 2.06 bits per heavy atom. The Kier molecular flexibility index (Phi) is 6.22. The van der Waals surface area contributed by atoms with Crippen LogP contribution in [0.25, 0.3) is 17.1 Å². The van der Waals surface area contributed by atoms with Crippen molar-refractivity contribution in [1.29, 1.82) is 0 Å². The van der Waals surface area contributed by atoms with Crippen molar-refractivity contribution in [3.63, 3.8) is 0 Å². The standard InChI is InChI=1S/C26H28N6O2/c1-18-20(15-19-6-8-21(9-7-19)32-12-4-11-28-32)16-24(26(33)27-17-22-5-3-14-34-22)29-25(18)23-10-13-31(2)30-23/h4,6-13,16,22H,3,5,14-15,17H2,1-2H3,(H,27,33). The average Bonchev–Trinajstić information content (AvgIpc) is 3.63.